The number of nitrogens with one attached hydrogen (secondary N) is 2. The Balaban J connectivity index is 3.71. The first kappa shape index (κ1) is 48.0. The number of alkyl halides is 1. The second-order valence-electron chi connectivity index (χ2n) is 12.2. The molecule has 15 heteroatoms. The van der Waals surface area contributed by atoms with Gasteiger partial charge in [0.2, 0.25) is 11.8 Å². The number of hydrogen-bond acceptors (Lipinski definition) is 11. The summed E-state index contributed by atoms with van der Waals surface area (Å²) in [6.45, 7) is 7.28. The van der Waals surface area contributed by atoms with Crippen molar-refractivity contribution in [2.75, 3.05) is 84.5 Å². The molecule has 0 aromatic rings. The van der Waals surface area contributed by atoms with Gasteiger partial charge in [0, 0.05) is 25.7 Å². The SMILES string of the molecule is CCCCCCCCCCCCCC(=O)NC(CCCCN(N)/C=C(\N)COCCOCCOCCOCCOCCNC(=O)CBr)C(=O)O. The number of ether oxygens (including phenoxy) is 5. The standard InChI is InChI=1S/C35H68BrN5O9/c1-2-3-4-5-6-7-8-9-10-11-12-16-33(42)40-32(35(44)45)15-13-14-18-41(38)29-31(37)30-50-27-26-49-25-24-48-23-22-47-21-20-46-19-17-39-34(43)28-36/h29,32H,2-28,30,37-38H2,1H3,(H,39,43)(H,40,42)(H,44,45)/b31-29-. The van der Waals surface area contributed by atoms with Crippen LogP contribution in [0.2, 0.25) is 0 Å². The zero-order valence-corrected chi connectivity index (χ0v) is 32.2. The van der Waals surface area contributed by atoms with E-state index in [1.807, 2.05) is 0 Å². The number of rotatable bonds is 38. The summed E-state index contributed by atoms with van der Waals surface area (Å²) in [4.78, 5) is 35.0. The van der Waals surface area contributed by atoms with E-state index in [4.69, 9.17) is 35.3 Å². The van der Waals surface area contributed by atoms with Crippen molar-refractivity contribution in [3.8, 4) is 0 Å². The van der Waals surface area contributed by atoms with Crippen molar-refractivity contribution in [3.05, 3.63) is 11.9 Å². The second kappa shape index (κ2) is 36.8. The molecule has 14 nitrogen and oxygen atoms in total. The number of nitrogens with zero attached hydrogens (tertiary/aromatic N) is 1. The number of carboxylic acid groups (broad SMARTS) is 1. The lowest BCUT2D eigenvalue weighted by molar-refractivity contribution is -0.142. The molecule has 0 aliphatic heterocycles. The Labute approximate surface area is 309 Å². The van der Waals surface area contributed by atoms with Gasteiger partial charge in [-0.1, -0.05) is 87.1 Å². The van der Waals surface area contributed by atoms with Crippen molar-refractivity contribution in [3.63, 3.8) is 0 Å². The number of carbonyl (C=O) groups excluding carboxylic acids is 2. The predicted octanol–water partition coefficient (Wildman–Crippen LogP) is 4.00. The van der Waals surface area contributed by atoms with Crippen LogP contribution in [0.1, 0.15) is 103 Å². The maximum Gasteiger partial charge on any atom is 0.326 e. The van der Waals surface area contributed by atoms with E-state index in [-0.39, 0.29) is 23.8 Å². The van der Waals surface area contributed by atoms with E-state index >= 15 is 0 Å². The number of halogens is 1. The highest BCUT2D eigenvalue weighted by Gasteiger charge is 2.19. The molecule has 0 saturated carbocycles. The molecule has 2 amide bonds. The third-order valence-corrected chi connectivity index (χ3v) is 8.09. The minimum atomic E-state index is -1.02. The number of carbonyl (C=O) groups is 3. The Kier molecular flexibility index (Phi) is 35.3. The van der Waals surface area contributed by atoms with Gasteiger partial charge in [-0.25, -0.2) is 10.6 Å². The molecular weight excluding hydrogens is 714 g/mol. The first-order chi connectivity index (χ1) is 24.3. The summed E-state index contributed by atoms with van der Waals surface area (Å²) in [5.41, 5.74) is 6.45. The lowest BCUT2D eigenvalue weighted by atomic mass is 10.0. The minimum absolute atomic E-state index is 0.0706. The monoisotopic (exact) mass is 781 g/mol. The van der Waals surface area contributed by atoms with Crippen molar-refractivity contribution in [2.45, 2.75) is 109 Å². The van der Waals surface area contributed by atoms with Gasteiger partial charge in [0.25, 0.3) is 0 Å². The molecule has 0 aromatic carbocycles. The number of carboxylic acids is 1. The molecule has 294 valence electrons. The number of hydrogen-bond donors (Lipinski definition) is 5. The lowest BCUT2D eigenvalue weighted by Crippen LogP contribution is -2.40. The molecule has 0 fully saturated rings. The second-order valence-corrected chi connectivity index (χ2v) is 12.7. The Morgan fingerprint density at radius 2 is 1.22 bits per heavy atom. The normalized spacial score (nSPS) is 12.2. The van der Waals surface area contributed by atoms with E-state index in [1.54, 1.807) is 6.20 Å². The highest BCUT2D eigenvalue weighted by atomic mass is 79.9. The summed E-state index contributed by atoms with van der Waals surface area (Å²) in [6.07, 6.45) is 16.8. The third-order valence-electron chi connectivity index (χ3n) is 7.58. The molecule has 7 N–H and O–H groups in total. The van der Waals surface area contributed by atoms with Gasteiger partial charge in [-0.15, -0.1) is 0 Å². The number of unbranched alkanes of at least 4 members (excludes halogenated alkanes) is 11. The van der Waals surface area contributed by atoms with Crippen LogP contribution in [0.3, 0.4) is 0 Å². The number of nitrogens with two attached hydrogens (primary N) is 2. The largest absolute Gasteiger partial charge is 0.480 e. The Hall–Kier alpha value is -2.01. The van der Waals surface area contributed by atoms with Gasteiger partial charge in [-0.05, 0) is 25.7 Å². The van der Waals surface area contributed by atoms with Crippen LogP contribution in [0.25, 0.3) is 0 Å². The number of aliphatic carboxylic acids is 1. The molecule has 0 heterocycles. The van der Waals surface area contributed by atoms with Crippen molar-refractivity contribution in [1.82, 2.24) is 15.6 Å². The van der Waals surface area contributed by atoms with Gasteiger partial charge in [0.15, 0.2) is 0 Å². The van der Waals surface area contributed by atoms with Gasteiger partial charge in [-0.2, -0.15) is 0 Å². The highest BCUT2D eigenvalue weighted by molar-refractivity contribution is 9.09. The van der Waals surface area contributed by atoms with Gasteiger partial charge < -0.3 is 50.2 Å². The highest BCUT2D eigenvalue weighted by Crippen LogP contribution is 2.12. The maximum atomic E-state index is 12.3. The molecule has 0 aliphatic carbocycles. The molecule has 0 aliphatic rings. The van der Waals surface area contributed by atoms with Crippen LogP contribution in [0.5, 0.6) is 0 Å². The minimum Gasteiger partial charge on any atom is -0.480 e. The molecule has 0 bridgehead atoms. The molecular formula is C35H68BrN5O9. The lowest BCUT2D eigenvalue weighted by Gasteiger charge is -2.17. The van der Waals surface area contributed by atoms with Crippen molar-refractivity contribution in [2.24, 2.45) is 11.6 Å². The Morgan fingerprint density at radius 1 is 0.720 bits per heavy atom. The third kappa shape index (κ3) is 34.4. The van der Waals surface area contributed by atoms with Gasteiger partial charge in [-0.3, -0.25) is 9.59 Å². The predicted molar refractivity (Wildman–Crippen MR) is 199 cm³/mol. The maximum absolute atomic E-state index is 12.3. The van der Waals surface area contributed by atoms with Crippen molar-refractivity contribution < 1.29 is 43.2 Å². The van der Waals surface area contributed by atoms with Crippen LogP contribution in [-0.4, -0.2) is 118 Å². The van der Waals surface area contributed by atoms with Crippen LogP contribution in [0, 0.1) is 0 Å². The smallest absolute Gasteiger partial charge is 0.326 e. The number of amides is 2. The summed E-state index contributed by atoms with van der Waals surface area (Å²) >= 11 is 3.07. The van der Waals surface area contributed by atoms with E-state index < -0.39 is 12.0 Å². The zero-order chi connectivity index (χ0) is 36.9. The van der Waals surface area contributed by atoms with E-state index in [9.17, 15) is 19.5 Å². The summed E-state index contributed by atoms with van der Waals surface area (Å²) < 4.78 is 27.2. The van der Waals surface area contributed by atoms with Gasteiger partial charge >= 0.3 is 5.97 Å². The molecule has 0 saturated heterocycles. The average Bonchev–Trinajstić information content (AvgIpc) is 3.09. The first-order valence-corrected chi connectivity index (χ1v) is 19.6. The van der Waals surface area contributed by atoms with Crippen LogP contribution in [-0.2, 0) is 38.1 Å². The van der Waals surface area contributed by atoms with Crippen molar-refractivity contribution >= 4 is 33.7 Å². The van der Waals surface area contributed by atoms with Gasteiger partial charge in [0.1, 0.15) is 6.04 Å². The van der Waals surface area contributed by atoms with E-state index in [0.717, 1.165) is 19.3 Å². The molecule has 0 aromatic heterocycles. The van der Waals surface area contributed by atoms with Crippen LogP contribution >= 0.6 is 15.9 Å². The molecule has 0 spiro atoms. The fourth-order valence-electron chi connectivity index (χ4n) is 4.81. The molecule has 1 unspecified atom stereocenters. The topological polar surface area (TPSA) is 197 Å². The quantitative estimate of drug-likeness (QED) is 0.0262. The van der Waals surface area contributed by atoms with Crippen molar-refractivity contribution in [1.29, 1.82) is 0 Å². The zero-order valence-electron chi connectivity index (χ0n) is 30.6. The van der Waals surface area contributed by atoms with E-state index in [0.29, 0.717) is 104 Å². The summed E-state index contributed by atoms with van der Waals surface area (Å²) in [6, 6.07) is -0.896. The molecule has 0 radical (unpaired) electrons. The summed E-state index contributed by atoms with van der Waals surface area (Å²) in [7, 11) is 0. The summed E-state index contributed by atoms with van der Waals surface area (Å²) in [5.74, 6) is 4.72. The molecule has 1 atom stereocenters. The molecule has 0 rings (SSSR count). The average molecular weight is 783 g/mol. The fraction of sp³-hybridized carbons (Fsp3) is 0.857. The summed E-state index contributed by atoms with van der Waals surface area (Å²) in [5, 5.41) is 16.6. The first-order valence-electron chi connectivity index (χ1n) is 18.5. The van der Waals surface area contributed by atoms with Crippen LogP contribution in [0.15, 0.2) is 11.9 Å². The fourth-order valence-corrected chi connectivity index (χ4v) is 5.01. The number of hydrazine groups is 1. The Morgan fingerprint density at radius 3 is 1.74 bits per heavy atom. The molecule has 50 heavy (non-hydrogen) atoms. The Bertz CT molecular complexity index is 857. The van der Waals surface area contributed by atoms with Gasteiger partial charge in [0.05, 0.1) is 77.1 Å². The van der Waals surface area contributed by atoms with E-state index in [2.05, 4.69) is 33.5 Å². The van der Waals surface area contributed by atoms with E-state index in [1.165, 1.54) is 56.4 Å². The van der Waals surface area contributed by atoms with Crippen LogP contribution < -0.4 is 22.2 Å². The van der Waals surface area contributed by atoms with Crippen LogP contribution in [0.4, 0.5) is 0 Å².